The van der Waals surface area contributed by atoms with E-state index in [4.69, 9.17) is 15.3 Å². The zero-order valence-corrected chi connectivity index (χ0v) is 9.53. The minimum atomic E-state index is -0.387. The van der Waals surface area contributed by atoms with Gasteiger partial charge in [-0.3, -0.25) is 0 Å². The van der Waals surface area contributed by atoms with Gasteiger partial charge in [-0.2, -0.15) is 10.5 Å². The molecule has 0 amide bonds. The van der Waals surface area contributed by atoms with Crippen molar-refractivity contribution in [1.29, 1.82) is 10.5 Å². The highest BCUT2D eigenvalue weighted by molar-refractivity contribution is 5.42. The molecule has 0 fully saturated rings. The molecular weight excluding hydrogens is 200 g/mol. The summed E-state index contributed by atoms with van der Waals surface area (Å²) in [6.07, 6.45) is 0.642. The van der Waals surface area contributed by atoms with Crippen LogP contribution in [-0.4, -0.2) is 6.61 Å². The van der Waals surface area contributed by atoms with Gasteiger partial charge in [0.2, 0.25) is 0 Å². The third-order valence-corrected chi connectivity index (χ3v) is 2.29. The molecule has 1 rings (SSSR count). The van der Waals surface area contributed by atoms with E-state index >= 15 is 0 Å². The lowest BCUT2D eigenvalue weighted by molar-refractivity contribution is 0.264. The first-order valence-corrected chi connectivity index (χ1v) is 5.12. The first-order chi connectivity index (χ1) is 7.59. The molecule has 0 aromatic heterocycles. The summed E-state index contributed by atoms with van der Waals surface area (Å²) in [5, 5.41) is 17.7. The average Bonchev–Trinajstić information content (AvgIpc) is 2.29. The Bertz CT molecular complexity index is 438. The molecule has 0 atom stereocenters. The van der Waals surface area contributed by atoms with Gasteiger partial charge in [-0.1, -0.05) is 12.1 Å². The van der Waals surface area contributed by atoms with Crippen molar-refractivity contribution in [2.45, 2.75) is 20.3 Å². The summed E-state index contributed by atoms with van der Waals surface area (Å²) in [7, 11) is 0. The fraction of sp³-hybridized carbons (Fsp3) is 0.385. The Morgan fingerprint density at radius 3 is 2.56 bits per heavy atom. The van der Waals surface area contributed by atoms with Crippen LogP contribution >= 0.6 is 0 Å². The second-order valence-corrected chi connectivity index (χ2v) is 4.20. The monoisotopic (exact) mass is 214 g/mol. The predicted molar refractivity (Wildman–Crippen MR) is 60.7 cm³/mol. The van der Waals surface area contributed by atoms with Gasteiger partial charge in [0.1, 0.15) is 11.8 Å². The van der Waals surface area contributed by atoms with E-state index < -0.39 is 0 Å². The highest BCUT2D eigenvalue weighted by Crippen LogP contribution is 2.21. The van der Waals surface area contributed by atoms with Gasteiger partial charge in [-0.05, 0) is 32.4 Å². The molecule has 3 nitrogen and oxygen atoms in total. The first kappa shape index (κ1) is 12.1. The summed E-state index contributed by atoms with van der Waals surface area (Å²) in [6, 6.07) is 11.4. The van der Waals surface area contributed by atoms with Gasteiger partial charge in [-0.15, -0.1) is 0 Å². The van der Waals surface area contributed by atoms with Gasteiger partial charge < -0.3 is 4.74 Å². The molecule has 0 aliphatic heterocycles. The van der Waals surface area contributed by atoms with Crippen molar-refractivity contribution < 1.29 is 4.74 Å². The number of benzene rings is 1. The summed E-state index contributed by atoms with van der Waals surface area (Å²) in [5.74, 6) is 0.582. The molecule has 0 spiro atoms. The lowest BCUT2D eigenvalue weighted by Crippen LogP contribution is -2.13. The van der Waals surface area contributed by atoms with Gasteiger partial charge in [-0.25, -0.2) is 0 Å². The molecule has 0 N–H and O–H groups in total. The van der Waals surface area contributed by atoms with Crippen LogP contribution in [0.25, 0.3) is 0 Å². The highest BCUT2D eigenvalue weighted by Gasteiger charge is 2.16. The second kappa shape index (κ2) is 5.19. The molecule has 3 heteroatoms. The fourth-order valence-corrected chi connectivity index (χ4v) is 1.16. The molecule has 0 unspecified atom stereocenters. The van der Waals surface area contributed by atoms with Crippen molar-refractivity contribution in [2.24, 2.45) is 5.41 Å². The summed E-state index contributed by atoms with van der Waals surface area (Å²) >= 11 is 0. The predicted octanol–water partition coefficient (Wildman–Crippen LogP) is 2.88. The topological polar surface area (TPSA) is 56.8 Å². The van der Waals surface area contributed by atoms with Crippen LogP contribution in [0, 0.1) is 28.1 Å². The van der Waals surface area contributed by atoms with Crippen LogP contribution in [0.2, 0.25) is 0 Å². The van der Waals surface area contributed by atoms with Crippen LogP contribution in [0.3, 0.4) is 0 Å². The van der Waals surface area contributed by atoms with Gasteiger partial charge in [0.15, 0.2) is 0 Å². The lowest BCUT2D eigenvalue weighted by atomic mass is 9.92. The number of para-hydroxylation sites is 1. The van der Waals surface area contributed by atoms with Gasteiger partial charge in [0, 0.05) is 0 Å². The molecule has 82 valence electrons. The number of hydrogen-bond acceptors (Lipinski definition) is 3. The largest absolute Gasteiger partial charge is 0.492 e. The van der Waals surface area contributed by atoms with E-state index in [0.717, 1.165) is 0 Å². The minimum Gasteiger partial charge on any atom is -0.492 e. The van der Waals surface area contributed by atoms with E-state index in [2.05, 4.69) is 12.1 Å². The summed E-state index contributed by atoms with van der Waals surface area (Å²) in [4.78, 5) is 0. The Morgan fingerprint density at radius 2 is 1.94 bits per heavy atom. The summed E-state index contributed by atoms with van der Waals surface area (Å²) < 4.78 is 5.49. The van der Waals surface area contributed by atoms with E-state index in [9.17, 15) is 0 Å². The lowest BCUT2D eigenvalue weighted by Gasteiger charge is -2.15. The van der Waals surface area contributed by atoms with E-state index in [-0.39, 0.29) is 5.41 Å². The maximum absolute atomic E-state index is 8.84. The standard InChI is InChI=1S/C13H14N2O/c1-13(2,10-15)7-8-16-12-6-4-3-5-11(12)9-14/h3-6H,7-8H2,1-2H3. The molecule has 0 bridgehead atoms. The average molecular weight is 214 g/mol. The third kappa shape index (κ3) is 3.29. The molecule has 16 heavy (non-hydrogen) atoms. The molecule has 0 aliphatic rings. The van der Waals surface area contributed by atoms with Crippen LogP contribution < -0.4 is 4.74 Å². The maximum Gasteiger partial charge on any atom is 0.137 e. The minimum absolute atomic E-state index is 0.387. The van der Waals surface area contributed by atoms with E-state index in [1.54, 1.807) is 18.2 Å². The van der Waals surface area contributed by atoms with Crippen LogP contribution in [-0.2, 0) is 0 Å². The molecule has 0 saturated carbocycles. The van der Waals surface area contributed by atoms with Crippen molar-refractivity contribution in [2.75, 3.05) is 6.61 Å². The Morgan fingerprint density at radius 1 is 1.25 bits per heavy atom. The number of rotatable bonds is 4. The van der Waals surface area contributed by atoms with Crippen LogP contribution in [0.15, 0.2) is 24.3 Å². The fourth-order valence-electron chi connectivity index (χ4n) is 1.16. The Labute approximate surface area is 95.9 Å². The summed E-state index contributed by atoms with van der Waals surface area (Å²) in [5.41, 5.74) is 0.138. The van der Waals surface area contributed by atoms with Gasteiger partial charge in [0.25, 0.3) is 0 Å². The van der Waals surface area contributed by atoms with Crippen LogP contribution in [0.4, 0.5) is 0 Å². The normalized spacial score (nSPS) is 10.2. The van der Waals surface area contributed by atoms with E-state index in [0.29, 0.717) is 24.3 Å². The van der Waals surface area contributed by atoms with Crippen molar-refractivity contribution in [1.82, 2.24) is 0 Å². The molecule has 1 aromatic carbocycles. The molecule has 1 aromatic rings. The number of nitriles is 2. The first-order valence-electron chi connectivity index (χ1n) is 5.12. The zero-order valence-electron chi connectivity index (χ0n) is 9.53. The smallest absolute Gasteiger partial charge is 0.137 e. The van der Waals surface area contributed by atoms with Gasteiger partial charge >= 0.3 is 0 Å². The highest BCUT2D eigenvalue weighted by atomic mass is 16.5. The van der Waals surface area contributed by atoms with Crippen LogP contribution in [0.1, 0.15) is 25.8 Å². The number of ether oxygens (including phenoxy) is 1. The van der Waals surface area contributed by atoms with Crippen LogP contribution in [0.5, 0.6) is 5.75 Å². The van der Waals surface area contributed by atoms with Crippen molar-refractivity contribution >= 4 is 0 Å². The van der Waals surface area contributed by atoms with Crippen molar-refractivity contribution in [3.05, 3.63) is 29.8 Å². The SMILES string of the molecule is CC(C)(C#N)CCOc1ccccc1C#N. The number of hydrogen-bond donors (Lipinski definition) is 0. The van der Waals surface area contributed by atoms with Gasteiger partial charge in [0.05, 0.1) is 23.7 Å². The van der Waals surface area contributed by atoms with E-state index in [1.165, 1.54) is 0 Å². The maximum atomic E-state index is 8.84. The quantitative estimate of drug-likeness (QED) is 0.774. The molecule has 0 heterocycles. The Kier molecular flexibility index (Phi) is 3.91. The Balaban J connectivity index is 2.57. The van der Waals surface area contributed by atoms with Crippen molar-refractivity contribution in [3.8, 4) is 17.9 Å². The second-order valence-electron chi connectivity index (χ2n) is 4.20. The van der Waals surface area contributed by atoms with Crippen molar-refractivity contribution in [3.63, 3.8) is 0 Å². The summed E-state index contributed by atoms with van der Waals surface area (Å²) in [6.45, 7) is 4.18. The van der Waals surface area contributed by atoms with E-state index in [1.807, 2.05) is 19.9 Å². The molecule has 0 saturated heterocycles. The zero-order chi connectivity index (χ0) is 12.0. The third-order valence-electron chi connectivity index (χ3n) is 2.29. The molecule has 0 radical (unpaired) electrons. The Hall–Kier alpha value is -2.00. The molecular formula is C13H14N2O. The molecule has 0 aliphatic carbocycles. The number of nitrogens with zero attached hydrogens (tertiary/aromatic N) is 2.